The molecule has 9 nitrogen and oxygen atoms in total. The van der Waals surface area contributed by atoms with E-state index in [1.165, 1.54) is 26.4 Å². The first-order chi connectivity index (χ1) is 12.4. The summed E-state index contributed by atoms with van der Waals surface area (Å²) in [6.07, 6.45) is -6.89. The van der Waals surface area contributed by atoms with Crippen molar-refractivity contribution in [2.45, 2.75) is 44.1 Å². The van der Waals surface area contributed by atoms with E-state index in [1.54, 1.807) is 6.92 Å². The second-order valence-electron chi connectivity index (χ2n) is 5.80. The number of ketones is 1. The van der Waals surface area contributed by atoms with Crippen molar-refractivity contribution >= 4 is 5.78 Å². The van der Waals surface area contributed by atoms with E-state index >= 15 is 0 Å². The first-order valence-corrected chi connectivity index (χ1v) is 8.14. The fourth-order valence-corrected chi connectivity index (χ4v) is 2.64. The standard InChI is InChI=1S/C17H24O9/c1-4-9(19)8-5-10(23-2)16(11(6-8)24-3)26-17-15(22)14(21)13(20)12(7-18)25-17/h5-6,12-15,17-18,20-22H,4,7H2,1-3H3/t12-,13-,14+,15-,17-/m1/s1. The quantitative estimate of drug-likeness (QED) is 0.466. The molecule has 1 aliphatic rings. The van der Waals surface area contributed by atoms with Crippen LogP contribution in [0.25, 0.3) is 0 Å². The Labute approximate surface area is 150 Å². The molecule has 0 aromatic heterocycles. The maximum atomic E-state index is 12.0. The molecule has 2 rings (SSSR count). The van der Waals surface area contributed by atoms with Gasteiger partial charge in [0.05, 0.1) is 20.8 Å². The number of carbonyl (C=O) groups is 1. The lowest BCUT2D eigenvalue weighted by Crippen LogP contribution is -2.60. The zero-order valence-corrected chi connectivity index (χ0v) is 14.8. The molecule has 1 heterocycles. The third kappa shape index (κ3) is 3.92. The van der Waals surface area contributed by atoms with Crippen molar-refractivity contribution in [2.24, 2.45) is 0 Å². The molecule has 0 amide bonds. The lowest BCUT2D eigenvalue weighted by Gasteiger charge is -2.39. The van der Waals surface area contributed by atoms with E-state index < -0.39 is 37.3 Å². The highest BCUT2D eigenvalue weighted by molar-refractivity contribution is 5.97. The summed E-state index contributed by atoms with van der Waals surface area (Å²) >= 11 is 0. The highest BCUT2D eigenvalue weighted by atomic mass is 16.7. The van der Waals surface area contributed by atoms with Crippen LogP contribution in [0.3, 0.4) is 0 Å². The second kappa shape index (κ2) is 8.65. The smallest absolute Gasteiger partial charge is 0.229 e. The molecule has 1 fully saturated rings. The van der Waals surface area contributed by atoms with E-state index in [0.717, 1.165) is 0 Å². The fraction of sp³-hybridized carbons (Fsp3) is 0.588. The third-order valence-electron chi connectivity index (χ3n) is 4.19. The van der Waals surface area contributed by atoms with Crippen molar-refractivity contribution in [3.05, 3.63) is 17.7 Å². The molecule has 1 saturated heterocycles. The Balaban J connectivity index is 2.37. The number of aliphatic hydroxyl groups is 4. The number of Topliss-reactive ketones (excluding diaryl/α,β-unsaturated/α-hetero) is 1. The number of carbonyl (C=O) groups excluding carboxylic acids is 1. The Bertz CT molecular complexity index is 606. The lowest BCUT2D eigenvalue weighted by atomic mass is 9.99. The minimum atomic E-state index is -1.58. The van der Waals surface area contributed by atoms with E-state index in [-0.39, 0.29) is 23.0 Å². The molecule has 0 aliphatic carbocycles. The van der Waals surface area contributed by atoms with Crippen molar-refractivity contribution in [3.63, 3.8) is 0 Å². The van der Waals surface area contributed by atoms with Crippen LogP contribution in [0.1, 0.15) is 23.7 Å². The van der Waals surface area contributed by atoms with Gasteiger partial charge < -0.3 is 39.4 Å². The molecule has 0 saturated carbocycles. The van der Waals surface area contributed by atoms with Crippen LogP contribution >= 0.6 is 0 Å². The lowest BCUT2D eigenvalue weighted by molar-refractivity contribution is -0.277. The molecule has 4 N–H and O–H groups in total. The Morgan fingerprint density at radius 2 is 1.65 bits per heavy atom. The van der Waals surface area contributed by atoms with Gasteiger partial charge >= 0.3 is 0 Å². The summed E-state index contributed by atoms with van der Waals surface area (Å²) < 4.78 is 21.4. The van der Waals surface area contributed by atoms with Gasteiger partial charge in [0.25, 0.3) is 0 Å². The number of hydrogen-bond donors (Lipinski definition) is 4. The number of ether oxygens (including phenoxy) is 4. The predicted octanol–water partition coefficient (Wildman–Crippen LogP) is -0.525. The predicted molar refractivity (Wildman–Crippen MR) is 88.6 cm³/mol. The van der Waals surface area contributed by atoms with Crippen LogP contribution < -0.4 is 14.2 Å². The summed E-state index contributed by atoms with van der Waals surface area (Å²) in [5, 5.41) is 39.1. The molecular weight excluding hydrogens is 348 g/mol. The molecule has 0 radical (unpaired) electrons. The van der Waals surface area contributed by atoms with Crippen LogP contribution in [0, 0.1) is 0 Å². The molecule has 0 bridgehead atoms. The van der Waals surface area contributed by atoms with Gasteiger partial charge in [-0.25, -0.2) is 0 Å². The van der Waals surface area contributed by atoms with Gasteiger partial charge in [0.2, 0.25) is 12.0 Å². The Hall–Kier alpha value is -1.91. The second-order valence-corrected chi connectivity index (χ2v) is 5.80. The van der Waals surface area contributed by atoms with Crippen molar-refractivity contribution in [1.29, 1.82) is 0 Å². The van der Waals surface area contributed by atoms with Gasteiger partial charge in [-0.1, -0.05) is 6.92 Å². The average Bonchev–Trinajstić information content (AvgIpc) is 2.67. The summed E-state index contributed by atoms with van der Waals surface area (Å²) in [5.74, 6) is 0.254. The molecule has 26 heavy (non-hydrogen) atoms. The number of methoxy groups -OCH3 is 2. The van der Waals surface area contributed by atoms with Crippen LogP contribution in [0.4, 0.5) is 0 Å². The minimum absolute atomic E-state index is 0.0481. The number of aliphatic hydroxyl groups excluding tert-OH is 4. The molecule has 1 aromatic carbocycles. The van der Waals surface area contributed by atoms with Gasteiger partial charge in [-0.05, 0) is 12.1 Å². The third-order valence-corrected chi connectivity index (χ3v) is 4.19. The van der Waals surface area contributed by atoms with E-state index in [4.69, 9.17) is 18.9 Å². The highest BCUT2D eigenvalue weighted by Gasteiger charge is 2.45. The van der Waals surface area contributed by atoms with Gasteiger partial charge in [0.15, 0.2) is 17.3 Å². The van der Waals surface area contributed by atoms with E-state index in [9.17, 15) is 25.2 Å². The maximum Gasteiger partial charge on any atom is 0.229 e. The molecule has 146 valence electrons. The molecule has 0 spiro atoms. The van der Waals surface area contributed by atoms with Crippen molar-refractivity contribution in [3.8, 4) is 17.2 Å². The molecule has 0 unspecified atom stereocenters. The van der Waals surface area contributed by atoms with Gasteiger partial charge in [-0.15, -0.1) is 0 Å². The van der Waals surface area contributed by atoms with Crippen LogP contribution in [0.2, 0.25) is 0 Å². The van der Waals surface area contributed by atoms with E-state index in [1.807, 2.05) is 0 Å². The molecular formula is C17H24O9. The number of benzene rings is 1. The van der Waals surface area contributed by atoms with Crippen LogP contribution in [0.15, 0.2) is 12.1 Å². The van der Waals surface area contributed by atoms with E-state index in [2.05, 4.69) is 0 Å². The van der Waals surface area contributed by atoms with Crippen molar-refractivity contribution < 1.29 is 44.2 Å². The average molecular weight is 372 g/mol. The molecule has 1 aliphatic heterocycles. The zero-order chi connectivity index (χ0) is 19.4. The Morgan fingerprint density at radius 3 is 2.12 bits per heavy atom. The first kappa shape index (κ1) is 20.4. The topological polar surface area (TPSA) is 135 Å². The normalized spacial score (nSPS) is 28.5. The monoisotopic (exact) mass is 372 g/mol. The Kier molecular flexibility index (Phi) is 6.79. The summed E-state index contributed by atoms with van der Waals surface area (Å²) in [4.78, 5) is 12.0. The zero-order valence-electron chi connectivity index (χ0n) is 14.8. The summed E-state index contributed by atoms with van der Waals surface area (Å²) in [5.41, 5.74) is 0.363. The van der Waals surface area contributed by atoms with Gasteiger partial charge in [-0.3, -0.25) is 4.79 Å². The minimum Gasteiger partial charge on any atom is -0.493 e. The first-order valence-electron chi connectivity index (χ1n) is 8.14. The van der Waals surface area contributed by atoms with E-state index in [0.29, 0.717) is 12.0 Å². The van der Waals surface area contributed by atoms with Crippen molar-refractivity contribution in [1.82, 2.24) is 0 Å². The molecule has 5 atom stereocenters. The van der Waals surface area contributed by atoms with Crippen LogP contribution in [0.5, 0.6) is 17.2 Å². The molecule has 1 aromatic rings. The maximum absolute atomic E-state index is 12.0. The largest absolute Gasteiger partial charge is 0.493 e. The number of rotatable bonds is 7. The van der Waals surface area contributed by atoms with Crippen LogP contribution in [-0.4, -0.2) is 77.7 Å². The van der Waals surface area contributed by atoms with Crippen molar-refractivity contribution in [2.75, 3.05) is 20.8 Å². The number of hydrogen-bond acceptors (Lipinski definition) is 9. The molecule has 9 heteroatoms. The SMILES string of the molecule is CCC(=O)c1cc(OC)c(O[C@H]2O[C@H](CO)[C@@H](O)[C@H](O)[C@H]2O)c(OC)c1. The summed E-state index contributed by atoms with van der Waals surface area (Å²) in [7, 11) is 2.74. The Morgan fingerprint density at radius 1 is 1.08 bits per heavy atom. The highest BCUT2D eigenvalue weighted by Crippen LogP contribution is 2.40. The summed E-state index contributed by atoms with van der Waals surface area (Å²) in [6.45, 7) is 1.14. The summed E-state index contributed by atoms with van der Waals surface area (Å²) in [6, 6.07) is 2.93. The fourth-order valence-electron chi connectivity index (χ4n) is 2.64. The van der Waals surface area contributed by atoms with Gasteiger partial charge in [0.1, 0.15) is 24.4 Å². The van der Waals surface area contributed by atoms with Gasteiger partial charge in [-0.2, -0.15) is 0 Å². The van der Waals surface area contributed by atoms with Crippen LogP contribution in [-0.2, 0) is 4.74 Å². The van der Waals surface area contributed by atoms with Gasteiger partial charge in [0, 0.05) is 12.0 Å².